The highest BCUT2D eigenvalue weighted by atomic mass is 16.3. The van der Waals surface area contributed by atoms with Crippen molar-refractivity contribution in [3.8, 4) is 0 Å². The molecule has 6 rings (SSSR count). The Morgan fingerprint density at radius 2 is 2.18 bits per heavy atom. The number of fused-ring (bicyclic) bond motifs is 3. The Kier molecular flexibility index (Phi) is 2.48. The lowest BCUT2D eigenvalue weighted by molar-refractivity contribution is -0.00145. The monoisotopic (exact) mass is 297 g/mol. The van der Waals surface area contributed by atoms with E-state index in [1.165, 1.54) is 38.8 Å². The number of nitrogens with zero attached hydrogens (tertiary/aromatic N) is 2. The summed E-state index contributed by atoms with van der Waals surface area (Å²) in [5, 5.41) is 4.20. The van der Waals surface area contributed by atoms with E-state index in [4.69, 9.17) is 4.42 Å². The first-order valence-electron chi connectivity index (χ1n) is 8.15. The summed E-state index contributed by atoms with van der Waals surface area (Å²) in [6, 6.07) is 4.01. The quantitative estimate of drug-likeness (QED) is 0.923. The van der Waals surface area contributed by atoms with Gasteiger partial charge >= 0.3 is 0 Å². The molecule has 1 amide bonds. The average molecular weight is 297 g/mol. The summed E-state index contributed by atoms with van der Waals surface area (Å²) < 4.78 is 5.24. The molecule has 1 spiro atoms. The molecule has 2 aromatic heterocycles. The van der Waals surface area contributed by atoms with Gasteiger partial charge in [-0.3, -0.25) is 9.69 Å². The van der Waals surface area contributed by atoms with Crippen molar-refractivity contribution in [3.63, 3.8) is 0 Å². The molecular formula is C17H19N3O2. The molecule has 1 aliphatic carbocycles. The molecule has 4 aliphatic rings. The predicted molar refractivity (Wildman–Crippen MR) is 81.5 cm³/mol. The van der Waals surface area contributed by atoms with Gasteiger partial charge in [0.25, 0.3) is 5.91 Å². The van der Waals surface area contributed by atoms with Crippen molar-refractivity contribution >= 4 is 17.0 Å². The van der Waals surface area contributed by atoms with Crippen molar-refractivity contribution < 1.29 is 9.21 Å². The molecule has 0 radical (unpaired) electrons. The van der Waals surface area contributed by atoms with Crippen molar-refractivity contribution in [2.24, 2.45) is 5.92 Å². The van der Waals surface area contributed by atoms with Crippen LogP contribution in [0.3, 0.4) is 0 Å². The number of carbonyl (C=O) groups is 1. The molecule has 1 N–H and O–H groups in total. The minimum Gasteiger partial charge on any atom is -0.446 e. The molecule has 3 saturated heterocycles. The van der Waals surface area contributed by atoms with Gasteiger partial charge in [0.2, 0.25) is 5.71 Å². The Labute approximate surface area is 128 Å². The number of amides is 1. The Morgan fingerprint density at radius 1 is 1.36 bits per heavy atom. The van der Waals surface area contributed by atoms with Crippen LogP contribution in [0.5, 0.6) is 0 Å². The smallest absolute Gasteiger partial charge is 0.253 e. The Morgan fingerprint density at radius 3 is 2.95 bits per heavy atom. The molecule has 1 unspecified atom stereocenters. The van der Waals surface area contributed by atoms with Crippen LogP contribution in [0.2, 0.25) is 0 Å². The van der Waals surface area contributed by atoms with E-state index in [2.05, 4.69) is 15.2 Å². The normalized spacial score (nSPS) is 31.5. The summed E-state index contributed by atoms with van der Waals surface area (Å²) >= 11 is 0. The van der Waals surface area contributed by atoms with E-state index >= 15 is 0 Å². The number of aromatic nitrogens is 1. The van der Waals surface area contributed by atoms with Gasteiger partial charge in [0.15, 0.2) is 0 Å². The van der Waals surface area contributed by atoms with E-state index in [0.29, 0.717) is 23.2 Å². The zero-order valence-corrected chi connectivity index (χ0v) is 12.4. The van der Waals surface area contributed by atoms with Gasteiger partial charge in [-0.15, -0.1) is 0 Å². The SMILES string of the molecule is O=C(NC1C2CCN(CC2)C12CC2)c1cnc2occc2c1. The van der Waals surface area contributed by atoms with Crippen LogP contribution >= 0.6 is 0 Å². The van der Waals surface area contributed by atoms with Crippen molar-refractivity contribution in [3.05, 3.63) is 30.2 Å². The summed E-state index contributed by atoms with van der Waals surface area (Å²) in [6.07, 6.45) is 8.10. The van der Waals surface area contributed by atoms with Gasteiger partial charge < -0.3 is 9.73 Å². The molecule has 2 bridgehead atoms. The lowest BCUT2D eigenvalue weighted by atomic mass is 9.77. The van der Waals surface area contributed by atoms with Crippen LogP contribution in [0.1, 0.15) is 36.0 Å². The minimum absolute atomic E-state index is 0.000579. The van der Waals surface area contributed by atoms with Gasteiger partial charge in [-0.25, -0.2) is 4.98 Å². The highest BCUT2D eigenvalue weighted by Gasteiger charge is 2.60. The first-order valence-corrected chi connectivity index (χ1v) is 8.15. The third-order valence-electron chi connectivity index (χ3n) is 5.84. The van der Waals surface area contributed by atoms with Crippen LogP contribution in [0, 0.1) is 5.92 Å². The van der Waals surface area contributed by atoms with Crippen LogP contribution in [-0.4, -0.2) is 40.5 Å². The van der Waals surface area contributed by atoms with Crippen molar-refractivity contribution in [1.82, 2.24) is 15.2 Å². The number of pyridine rings is 1. The van der Waals surface area contributed by atoms with E-state index < -0.39 is 0 Å². The first kappa shape index (κ1) is 12.6. The van der Waals surface area contributed by atoms with Crippen molar-refractivity contribution in [1.29, 1.82) is 0 Å². The fourth-order valence-electron chi connectivity index (χ4n) is 4.53. The number of rotatable bonds is 2. The number of hydrogen-bond donors (Lipinski definition) is 1. The zero-order valence-electron chi connectivity index (χ0n) is 12.4. The molecule has 5 nitrogen and oxygen atoms in total. The van der Waals surface area contributed by atoms with E-state index in [1.54, 1.807) is 12.5 Å². The molecule has 2 aromatic rings. The summed E-state index contributed by atoms with van der Waals surface area (Å²) in [5.74, 6) is 0.641. The fraction of sp³-hybridized carbons (Fsp3) is 0.529. The van der Waals surface area contributed by atoms with Crippen LogP contribution in [0.4, 0.5) is 0 Å². The molecule has 1 atom stereocenters. The summed E-state index contributed by atoms with van der Waals surface area (Å²) in [5.41, 5.74) is 1.48. The second-order valence-corrected chi connectivity index (χ2v) is 6.92. The summed E-state index contributed by atoms with van der Waals surface area (Å²) in [6.45, 7) is 2.42. The maximum atomic E-state index is 12.7. The lowest BCUT2D eigenvalue weighted by Crippen LogP contribution is -2.65. The van der Waals surface area contributed by atoms with Gasteiger partial charge in [-0.2, -0.15) is 0 Å². The number of furan rings is 1. The average Bonchev–Trinajstić information content (AvgIpc) is 3.18. The van der Waals surface area contributed by atoms with Gasteiger partial charge in [0.1, 0.15) is 0 Å². The second-order valence-electron chi connectivity index (χ2n) is 6.92. The van der Waals surface area contributed by atoms with Crippen LogP contribution in [0.25, 0.3) is 11.1 Å². The molecule has 5 heterocycles. The summed E-state index contributed by atoms with van der Waals surface area (Å²) in [7, 11) is 0. The first-order chi connectivity index (χ1) is 10.8. The van der Waals surface area contributed by atoms with Crippen LogP contribution in [0.15, 0.2) is 29.0 Å². The highest BCUT2D eigenvalue weighted by Crippen LogP contribution is 2.53. The Hall–Kier alpha value is -1.88. The van der Waals surface area contributed by atoms with Gasteiger partial charge in [-0.1, -0.05) is 0 Å². The third kappa shape index (κ3) is 1.69. The van der Waals surface area contributed by atoms with Gasteiger partial charge in [0, 0.05) is 17.1 Å². The third-order valence-corrected chi connectivity index (χ3v) is 5.84. The molecular weight excluding hydrogens is 278 g/mol. The highest BCUT2D eigenvalue weighted by molar-refractivity contribution is 5.97. The molecule has 5 heteroatoms. The number of hydrogen-bond acceptors (Lipinski definition) is 4. The van der Waals surface area contributed by atoms with E-state index in [9.17, 15) is 4.79 Å². The number of nitrogens with one attached hydrogen (secondary N) is 1. The predicted octanol–water partition coefficient (Wildman–Crippen LogP) is 2.18. The minimum atomic E-state index is 0.000579. The van der Waals surface area contributed by atoms with Crippen molar-refractivity contribution in [2.75, 3.05) is 13.1 Å². The van der Waals surface area contributed by atoms with E-state index in [-0.39, 0.29) is 11.4 Å². The van der Waals surface area contributed by atoms with Gasteiger partial charge in [-0.05, 0) is 56.8 Å². The Bertz CT molecular complexity index is 741. The lowest BCUT2D eigenvalue weighted by Gasteiger charge is -2.52. The van der Waals surface area contributed by atoms with Crippen LogP contribution in [-0.2, 0) is 0 Å². The van der Waals surface area contributed by atoms with Crippen LogP contribution < -0.4 is 5.32 Å². The molecule has 4 fully saturated rings. The largest absolute Gasteiger partial charge is 0.446 e. The number of piperidine rings is 3. The maximum absolute atomic E-state index is 12.7. The second kappa shape index (κ2) is 4.32. The molecule has 0 aromatic carbocycles. The van der Waals surface area contributed by atoms with E-state index in [0.717, 1.165) is 5.39 Å². The molecule has 1 saturated carbocycles. The molecule has 3 aliphatic heterocycles. The zero-order chi connectivity index (χ0) is 14.7. The maximum Gasteiger partial charge on any atom is 0.253 e. The Balaban J connectivity index is 1.42. The van der Waals surface area contributed by atoms with Crippen molar-refractivity contribution in [2.45, 2.75) is 37.3 Å². The summed E-state index contributed by atoms with van der Waals surface area (Å²) in [4.78, 5) is 19.5. The fourth-order valence-corrected chi connectivity index (χ4v) is 4.53. The standard InChI is InChI=1S/C17H19N3O2/c21-15(13-9-12-3-8-22-16(12)18-10-13)19-14-11-1-6-20(7-2-11)17(14)4-5-17/h3,8-11,14H,1-2,4-7H2,(H,19,21). The topological polar surface area (TPSA) is 58.4 Å². The van der Waals surface area contributed by atoms with E-state index in [1.807, 2.05) is 12.1 Å². The molecule has 22 heavy (non-hydrogen) atoms. The molecule has 114 valence electrons. The van der Waals surface area contributed by atoms with Gasteiger partial charge in [0.05, 0.1) is 17.9 Å². The number of carbonyl (C=O) groups excluding carboxylic acids is 1.